The van der Waals surface area contributed by atoms with Gasteiger partial charge in [-0.2, -0.15) is 0 Å². The molecule has 0 aliphatic rings. The van der Waals surface area contributed by atoms with Crippen LogP contribution in [0.4, 0.5) is 11.6 Å². The Balaban J connectivity index is 2.33. The zero-order chi connectivity index (χ0) is 18.6. The molecule has 6 heteroatoms. The van der Waals surface area contributed by atoms with Crippen LogP contribution < -0.4 is 16.2 Å². The number of aromatic nitrogens is 2. The van der Waals surface area contributed by atoms with Gasteiger partial charge in [0.05, 0.1) is 0 Å². The van der Waals surface area contributed by atoms with Crippen LogP contribution in [0.2, 0.25) is 0 Å². The van der Waals surface area contributed by atoms with Crippen molar-refractivity contribution in [3.8, 4) is 0 Å². The Kier molecular flexibility index (Phi) is 5.96. The molecule has 0 bridgehead atoms. The van der Waals surface area contributed by atoms with E-state index in [1.54, 1.807) is 6.92 Å². The fourth-order valence-corrected chi connectivity index (χ4v) is 2.61. The molecule has 0 fully saturated rings. The van der Waals surface area contributed by atoms with Gasteiger partial charge in [-0.15, -0.1) is 0 Å². The van der Waals surface area contributed by atoms with Crippen LogP contribution in [0, 0.1) is 20.8 Å². The van der Waals surface area contributed by atoms with Gasteiger partial charge in [0, 0.05) is 23.5 Å². The molecule has 0 unspecified atom stereocenters. The minimum Gasteiger partial charge on any atom is -0.352 e. The van der Waals surface area contributed by atoms with E-state index in [0.29, 0.717) is 11.6 Å². The minimum absolute atomic E-state index is 0.0659. The molecule has 0 spiro atoms. The fraction of sp³-hybridized carbons (Fsp3) is 0.421. The normalized spacial score (nSPS) is 11.9. The van der Waals surface area contributed by atoms with Crippen molar-refractivity contribution in [1.29, 1.82) is 0 Å². The van der Waals surface area contributed by atoms with Crippen LogP contribution in [-0.4, -0.2) is 21.5 Å². The van der Waals surface area contributed by atoms with E-state index < -0.39 is 0 Å². The number of anilines is 2. The molecular weight excluding hydrogens is 316 g/mol. The molecule has 1 aromatic carbocycles. The maximum atomic E-state index is 12.4. The average Bonchev–Trinajstić information content (AvgIpc) is 2.49. The summed E-state index contributed by atoms with van der Waals surface area (Å²) < 4.78 is 1.36. The molecule has 1 atom stereocenters. The molecular formula is C19H26N4O2. The van der Waals surface area contributed by atoms with Crippen molar-refractivity contribution in [3.05, 3.63) is 51.4 Å². The molecule has 2 N–H and O–H groups in total. The van der Waals surface area contributed by atoms with Crippen LogP contribution in [0.25, 0.3) is 0 Å². The first-order chi connectivity index (χ1) is 11.8. The molecule has 0 radical (unpaired) electrons. The Bertz CT molecular complexity index is 806. The second-order valence-corrected chi connectivity index (χ2v) is 6.52. The van der Waals surface area contributed by atoms with Crippen LogP contribution in [-0.2, 0) is 11.3 Å². The molecule has 25 heavy (non-hydrogen) atoms. The van der Waals surface area contributed by atoms with E-state index >= 15 is 0 Å². The largest absolute Gasteiger partial charge is 0.352 e. The number of aryl methyl sites for hydroxylation is 3. The van der Waals surface area contributed by atoms with Crippen molar-refractivity contribution in [3.63, 3.8) is 0 Å². The highest BCUT2D eigenvalue weighted by Gasteiger charge is 2.13. The monoisotopic (exact) mass is 342 g/mol. The lowest BCUT2D eigenvalue weighted by atomic mass is 10.1. The van der Waals surface area contributed by atoms with E-state index in [0.717, 1.165) is 23.2 Å². The van der Waals surface area contributed by atoms with E-state index in [-0.39, 0.29) is 24.1 Å². The molecule has 0 aliphatic carbocycles. The van der Waals surface area contributed by atoms with Crippen LogP contribution >= 0.6 is 0 Å². The summed E-state index contributed by atoms with van der Waals surface area (Å²) in [6.07, 6.45) is 0.834. The van der Waals surface area contributed by atoms with E-state index in [1.165, 1.54) is 10.6 Å². The fourth-order valence-electron chi connectivity index (χ4n) is 2.61. The number of nitrogens with one attached hydrogen (secondary N) is 2. The van der Waals surface area contributed by atoms with E-state index in [2.05, 4.69) is 21.7 Å². The summed E-state index contributed by atoms with van der Waals surface area (Å²) >= 11 is 0. The first-order valence-corrected chi connectivity index (χ1v) is 8.51. The highest BCUT2D eigenvalue weighted by atomic mass is 16.2. The molecule has 0 saturated carbocycles. The molecule has 6 nitrogen and oxygen atoms in total. The van der Waals surface area contributed by atoms with Gasteiger partial charge < -0.3 is 10.6 Å². The molecule has 1 amide bonds. The Labute approximate surface area is 148 Å². The van der Waals surface area contributed by atoms with Gasteiger partial charge in [0.1, 0.15) is 6.54 Å². The third-order valence-electron chi connectivity index (χ3n) is 3.94. The van der Waals surface area contributed by atoms with Gasteiger partial charge >= 0.3 is 0 Å². The summed E-state index contributed by atoms with van der Waals surface area (Å²) in [6.45, 7) is 9.64. The first-order valence-electron chi connectivity index (χ1n) is 8.51. The molecule has 2 aromatic rings. The molecule has 0 aliphatic heterocycles. The van der Waals surface area contributed by atoms with Crippen molar-refractivity contribution in [2.75, 3.05) is 5.32 Å². The summed E-state index contributed by atoms with van der Waals surface area (Å²) in [4.78, 5) is 29.0. The summed E-state index contributed by atoms with van der Waals surface area (Å²) in [5.41, 5.74) is 3.41. The standard InChI is InChI=1S/C19H26N4O2/c1-6-14(4)20-17(24)11-23-18(25)10-15(5)21-19(23)22-16-8-12(2)7-13(3)9-16/h7-10,14H,6,11H2,1-5H3,(H,20,24)(H,21,22)/t14-/m0/s1. The smallest absolute Gasteiger partial charge is 0.255 e. The predicted octanol–water partition coefficient (Wildman–Crippen LogP) is 2.83. The van der Waals surface area contributed by atoms with Gasteiger partial charge in [0.15, 0.2) is 0 Å². The third-order valence-corrected chi connectivity index (χ3v) is 3.94. The topological polar surface area (TPSA) is 76.0 Å². The number of nitrogens with zero attached hydrogens (tertiary/aromatic N) is 2. The second kappa shape index (κ2) is 7.96. The zero-order valence-electron chi connectivity index (χ0n) is 15.5. The molecule has 134 valence electrons. The Hall–Kier alpha value is -2.63. The zero-order valence-corrected chi connectivity index (χ0v) is 15.5. The number of rotatable bonds is 6. The van der Waals surface area contributed by atoms with Crippen LogP contribution in [0.1, 0.15) is 37.1 Å². The number of carbonyl (C=O) groups is 1. The maximum absolute atomic E-state index is 12.4. The maximum Gasteiger partial charge on any atom is 0.255 e. The number of amides is 1. The summed E-state index contributed by atoms with van der Waals surface area (Å²) in [5, 5.41) is 6.06. The van der Waals surface area contributed by atoms with E-state index in [9.17, 15) is 9.59 Å². The van der Waals surface area contributed by atoms with Crippen molar-refractivity contribution in [1.82, 2.24) is 14.9 Å². The first kappa shape index (κ1) is 18.7. The Morgan fingerprint density at radius 3 is 2.40 bits per heavy atom. The summed E-state index contributed by atoms with van der Waals surface area (Å²) in [7, 11) is 0. The molecule has 0 saturated heterocycles. The summed E-state index contributed by atoms with van der Waals surface area (Å²) in [5.74, 6) is 0.167. The predicted molar refractivity (Wildman–Crippen MR) is 100 cm³/mol. The quantitative estimate of drug-likeness (QED) is 0.846. The van der Waals surface area contributed by atoms with Crippen molar-refractivity contribution in [2.24, 2.45) is 0 Å². The van der Waals surface area contributed by atoms with Crippen LogP contribution in [0.3, 0.4) is 0 Å². The van der Waals surface area contributed by atoms with Gasteiger partial charge in [0.2, 0.25) is 11.9 Å². The lowest BCUT2D eigenvalue weighted by Gasteiger charge is -2.16. The lowest BCUT2D eigenvalue weighted by Crippen LogP contribution is -2.37. The van der Waals surface area contributed by atoms with Gasteiger partial charge in [-0.05, 0) is 57.4 Å². The molecule has 1 aromatic heterocycles. The van der Waals surface area contributed by atoms with Crippen molar-refractivity contribution in [2.45, 2.75) is 53.6 Å². The SMILES string of the molecule is CC[C@H](C)NC(=O)Cn1c(Nc2cc(C)cc(C)c2)nc(C)cc1=O. The third kappa shape index (κ3) is 5.17. The summed E-state index contributed by atoms with van der Waals surface area (Å²) in [6, 6.07) is 7.53. The van der Waals surface area contributed by atoms with Crippen molar-refractivity contribution >= 4 is 17.5 Å². The van der Waals surface area contributed by atoms with Gasteiger partial charge in [-0.25, -0.2) is 4.98 Å². The Morgan fingerprint density at radius 1 is 1.16 bits per heavy atom. The number of hydrogen-bond donors (Lipinski definition) is 2. The number of carbonyl (C=O) groups excluding carboxylic acids is 1. The highest BCUT2D eigenvalue weighted by Crippen LogP contribution is 2.18. The minimum atomic E-state index is -0.251. The van der Waals surface area contributed by atoms with Crippen LogP contribution in [0.15, 0.2) is 29.1 Å². The molecule has 1 heterocycles. The Morgan fingerprint density at radius 2 is 1.80 bits per heavy atom. The van der Waals surface area contributed by atoms with E-state index in [4.69, 9.17) is 0 Å². The van der Waals surface area contributed by atoms with Gasteiger partial charge in [-0.1, -0.05) is 13.0 Å². The number of hydrogen-bond acceptors (Lipinski definition) is 4. The lowest BCUT2D eigenvalue weighted by molar-refractivity contribution is -0.122. The average molecular weight is 342 g/mol. The van der Waals surface area contributed by atoms with Gasteiger partial charge in [0.25, 0.3) is 5.56 Å². The molecule has 2 rings (SSSR count). The van der Waals surface area contributed by atoms with Crippen LogP contribution in [0.5, 0.6) is 0 Å². The second-order valence-electron chi connectivity index (χ2n) is 6.52. The van der Waals surface area contributed by atoms with Gasteiger partial charge in [-0.3, -0.25) is 14.2 Å². The highest BCUT2D eigenvalue weighted by molar-refractivity contribution is 5.76. The number of benzene rings is 1. The van der Waals surface area contributed by atoms with Crippen molar-refractivity contribution < 1.29 is 4.79 Å². The van der Waals surface area contributed by atoms with E-state index in [1.807, 2.05) is 39.8 Å².